The minimum atomic E-state index is -0.502. The van der Waals surface area contributed by atoms with Gasteiger partial charge in [-0.25, -0.2) is 0 Å². The van der Waals surface area contributed by atoms with Gasteiger partial charge in [0.1, 0.15) is 0 Å². The fraction of sp³-hybridized carbons (Fsp3) is 0. The van der Waals surface area contributed by atoms with E-state index in [0.717, 1.165) is 0 Å². The van der Waals surface area contributed by atoms with Crippen LogP contribution in [0, 0.1) is 0 Å². The van der Waals surface area contributed by atoms with Gasteiger partial charge in [0.2, 0.25) is 5.91 Å². The number of amides is 1. The van der Waals surface area contributed by atoms with Gasteiger partial charge in [-0.15, -0.1) is 0 Å². The highest BCUT2D eigenvalue weighted by molar-refractivity contribution is 5.91. The Kier molecular flexibility index (Phi) is 2.42. The number of carbonyl (C=O) groups excluding carboxylic acids is 1. The van der Waals surface area contributed by atoms with E-state index >= 15 is 0 Å². The minimum Gasteiger partial charge on any atom is -0.398 e. The number of pyridine rings is 1. The molecule has 1 rings (SSSR count). The Labute approximate surface area is 69.9 Å². The highest BCUT2D eigenvalue weighted by atomic mass is 16.1. The van der Waals surface area contributed by atoms with Crippen molar-refractivity contribution in [3.05, 3.63) is 30.1 Å². The molecule has 0 aliphatic rings. The molecule has 4 N–H and O–H groups in total. The Morgan fingerprint density at radius 2 is 2.33 bits per heavy atom. The average Bonchev–Trinajstić information content (AvgIpc) is 2.03. The van der Waals surface area contributed by atoms with Crippen molar-refractivity contribution in [2.45, 2.75) is 0 Å². The molecule has 0 saturated heterocycles. The number of aromatic nitrogens is 1. The van der Waals surface area contributed by atoms with E-state index in [2.05, 4.69) is 4.98 Å². The van der Waals surface area contributed by atoms with E-state index in [0.29, 0.717) is 11.3 Å². The second kappa shape index (κ2) is 3.52. The summed E-state index contributed by atoms with van der Waals surface area (Å²) in [6.07, 6.45) is 5.92. The Morgan fingerprint density at radius 1 is 1.58 bits per heavy atom. The van der Waals surface area contributed by atoms with Crippen molar-refractivity contribution in [1.82, 2.24) is 4.98 Å². The lowest BCUT2D eigenvalue weighted by Gasteiger charge is -1.95. The number of carbonyl (C=O) groups is 1. The molecular formula is C8H9N3O. The lowest BCUT2D eigenvalue weighted by Crippen LogP contribution is -2.05. The molecule has 0 aliphatic carbocycles. The van der Waals surface area contributed by atoms with Crippen LogP contribution in [0.4, 0.5) is 5.69 Å². The Balaban J connectivity index is 2.89. The predicted molar refractivity (Wildman–Crippen MR) is 46.9 cm³/mol. The SMILES string of the molecule is NC(=O)C=Cc1cnccc1N. The first kappa shape index (κ1) is 8.26. The summed E-state index contributed by atoms with van der Waals surface area (Å²) in [4.78, 5) is 14.2. The summed E-state index contributed by atoms with van der Waals surface area (Å²) >= 11 is 0. The molecule has 4 nitrogen and oxygen atoms in total. The van der Waals surface area contributed by atoms with Crippen LogP contribution in [0.25, 0.3) is 6.08 Å². The summed E-state index contributed by atoms with van der Waals surface area (Å²) in [5.41, 5.74) is 11.7. The number of rotatable bonds is 2. The van der Waals surface area contributed by atoms with Crippen molar-refractivity contribution >= 4 is 17.7 Å². The Bertz CT molecular complexity index is 320. The molecule has 0 radical (unpaired) electrons. The van der Waals surface area contributed by atoms with Crippen LogP contribution >= 0.6 is 0 Å². The molecular weight excluding hydrogens is 154 g/mol. The molecule has 62 valence electrons. The fourth-order valence-electron chi connectivity index (χ4n) is 0.729. The van der Waals surface area contributed by atoms with Crippen molar-refractivity contribution in [3.63, 3.8) is 0 Å². The molecule has 12 heavy (non-hydrogen) atoms. The van der Waals surface area contributed by atoms with Crippen LogP contribution in [-0.2, 0) is 4.79 Å². The van der Waals surface area contributed by atoms with Gasteiger partial charge in [-0.05, 0) is 12.1 Å². The number of primary amides is 1. The normalized spacial score (nSPS) is 10.3. The van der Waals surface area contributed by atoms with Crippen LogP contribution in [0.1, 0.15) is 5.56 Å². The topological polar surface area (TPSA) is 82.0 Å². The predicted octanol–water partition coefficient (Wildman–Crippen LogP) is 0.162. The highest BCUT2D eigenvalue weighted by Gasteiger charge is 1.92. The van der Waals surface area contributed by atoms with Gasteiger partial charge in [0.05, 0.1) is 0 Å². The summed E-state index contributed by atoms with van der Waals surface area (Å²) in [6, 6.07) is 1.65. The van der Waals surface area contributed by atoms with E-state index in [-0.39, 0.29) is 0 Å². The van der Waals surface area contributed by atoms with Crippen LogP contribution in [0.2, 0.25) is 0 Å². The lowest BCUT2D eigenvalue weighted by molar-refractivity contribution is -0.113. The molecule has 0 atom stereocenters. The van der Waals surface area contributed by atoms with Crippen molar-refractivity contribution in [2.75, 3.05) is 5.73 Å². The maximum Gasteiger partial charge on any atom is 0.241 e. The molecule has 0 bridgehead atoms. The molecule has 0 unspecified atom stereocenters. The zero-order valence-corrected chi connectivity index (χ0v) is 6.40. The van der Waals surface area contributed by atoms with E-state index in [4.69, 9.17) is 11.5 Å². The molecule has 1 heterocycles. The van der Waals surface area contributed by atoms with Gasteiger partial charge in [-0.3, -0.25) is 9.78 Å². The van der Waals surface area contributed by atoms with Crippen LogP contribution in [0.5, 0.6) is 0 Å². The summed E-state index contributed by atoms with van der Waals surface area (Å²) in [5, 5.41) is 0. The van der Waals surface area contributed by atoms with Crippen molar-refractivity contribution in [1.29, 1.82) is 0 Å². The molecule has 1 aromatic rings. The maximum absolute atomic E-state index is 10.4. The summed E-state index contributed by atoms with van der Waals surface area (Å²) in [7, 11) is 0. The van der Waals surface area contributed by atoms with Gasteiger partial charge in [-0.1, -0.05) is 0 Å². The second-order valence-electron chi connectivity index (χ2n) is 2.24. The average molecular weight is 163 g/mol. The van der Waals surface area contributed by atoms with Gasteiger partial charge < -0.3 is 11.5 Å². The first-order valence-electron chi connectivity index (χ1n) is 3.37. The summed E-state index contributed by atoms with van der Waals surface area (Å²) < 4.78 is 0. The molecule has 1 aromatic heterocycles. The number of hydrogen-bond donors (Lipinski definition) is 2. The molecule has 4 heteroatoms. The number of nitrogen functional groups attached to an aromatic ring is 1. The monoisotopic (exact) mass is 163 g/mol. The van der Waals surface area contributed by atoms with Gasteiger partial charge in [0.25, 0.3) is 0 Å². The third-order valence-corrected chi connectivity index (χ3v) is 1.31. The lowest BCUT2D eigenvalue weighted by atomic mass is 10.2. The fourth-order valence-corrected chi connectivity index (χ4v) is 0.729. The smallest absolute Gasteiger partial charge is 0.241 e. The van der Waals surface area contributed by atoms with Crippen molar-refractivity contribution < 1.29 is 4.79 Å². The number of hydrogen-bond acceptors (Lipinski definition) is 3. The second-order valence-corrected chi connectivity index (χ2v) is 2.24. The van der Waals surface area contributed by atoms with E-state index in [1.807, 2.05) is 0 Å². The zero-order valence-electron chi connectivity index (χ0n) is 6.40. The molecule has 0 saturated carbocycles. The minimum absolute atomic E-state index is 0.502. The number of anilines is 1. The van der Waals surface area contributed by atoms with E-state index in [1.165, 1.54) is 12.2 Å². The maximum atomic E-state index is 10.4. The van der Waals surface area contributed by atoms with E-state index < -0.39 is 5.91 Å². The Morgan fingerprint density at radius 3 is 2.92 bits per heavy atom. The summed E-state index contributed by atoms with van der Waals surface area (Å²) in [5.74, 6) is -0.502. The number of nitrogens with zero attached hydrogens (tertiary/aromatic N) is 1. The van der Waals surface area contributed by atoms with Gasteiger partial charge >= 0.3 is 0 Å². The van der Waals surface area contributed by atoms with Crippen LogP contribution in [0.15, 0.2) is 24.5 Å². The van der Waals surface area contributed by atoms with Gasteiger partial charge in [0.15, 0.2) is 0 Å². The summed E-state index contributed by atoms with van der Waals surface area (Å²) in [6.45, 7) is 0. The van der Waals surface area contributed by atoms with Crippen LogP contribution < -0.4 is 11.5 Å². The highest BCUT2D eigenvalue weighted by Crippen LogP contribution is 2.09. The Hall–Kier alpha value is -1.84. The van der Waals surface area contributed by atoms with E-state index in [9.17, 15) is 4.79 Å². The molecule has 0 fully saturated rings. The molecule has 0 spiro atoms. The third-order valence-electron chi connectivity index (χ3n) is 1.31. The largest absolute Gasteiger partial charge is 0.398 e. The van der Waals surface area contributed by atoms with Crippen LogP contribution in [-0.4, -0.2) is 10.9 Å². The van der Waals surface area contributed by atoms with Crippen LogP contribution in [0.3, 0.4) is 0 Å². The quantitative estimate of drug-likeness (QED) is 0.609. The standard InChI is InChI=1S/C8H9N3O/c9-7-3-4-11-5-6(7)1-2-8(10)12/h1-5H,(H2,9,11)(H2,10,12). The first-order chi connectivity index (χ1) is 5.70. The molecule has 1 amide bonds. The molecule has 0 aliphatic heterocycles. The number of nitrogens with two attached hydrogens (primary N) is 2. The first-order valence-corrected chi connectivity index (χ1v) is 3.37. The zero-order chi connectivity index (χ0) is 8.97. The molecule has 0 aromatic carbocycles. The van der Waals surface area contributed by atoms with Gasteiger partial charge in [0, 0.05) is 29.7 Å². The third kappa shape index (κ3) is 2.09. The van der Waals surface area contributed by atoms with Gasteiger partial charge in [-0.2, -0.15) is 0 Å². The van der Waals surface area contributed by atoms with Crippen molar-refractivity contribution in [3.8, 4) is 0 Å². The van der Waals surface area contributed by atoms with E-state index in [1.54, 1.807) is 18.5 Å². The van der Waals surface area contributed by atoms with Crippen molar-refractivity contribution in [2.24, 2.45) is 5.73 Å².